The van der Waals surface area contributed by atoms with Gasteiger partial charge in [0.15, 0.2) is 0 Å². The van der Waals surface area contributed by atoms with Gasteiger partial charge in [-0.2, -0.15) is 10.2 Å². The summed E-state index contributed by atoms with van der Waals surface area (Å²) in [6.07, 6.45) is 2.68. The van der Waals surface area contributed by atoms with Crippen molar-refractivity contribution in [2.24, 2.45) is 5.73 Å². The molecule has 146 valence electrons. The summed E-state index contributed by atoms with van der Waals surface area (Å²) in [5.41, 5.74) is 7.70. The molecule has 1 aromatic heterocycles. The number of nitriles is 1. The molecule has 1 amide bonds. The second-order valence-corrected chi connectivity index (χ2v) is 6.81. The normalized spacial score (nSPS) is 15.9. The van der Waals surface area contributed by atoms with Crippen molar-refractivity contribution in [1.82, 2.24) is 15.3 Å². The number of anilines is 3. The van der Waals surface area contributed by atoms with Gasteiger partial charge in [0.2, 0.25) is 11.9 Å². The Morgan fingerprint density at radius 1 is 1.39 bits per heavy atom. The average Bonchev–Trinajstić information content (AvgIpc) is 3.16. The molecule has 2 heterocycles. The van der Waals surface area contributed by atoms with Crippen molar-refractivity contribution < 1.29 is 4.79 Å². The zero-order valence-corrected chi connectivity index (χ0v) is 16.0. The number of rotatable bonds is 7. The molecule has 1 aliphatic heterocycles. The van der Waals surface area contributed by atoms with Gasteiger partial charge in [0.25, 0.3) is 0 Å². The highest BCUT2D eigenvalue weighted by Crippen LogP contribution is 2.23. The van der Waals surface area contributed by atoms with Gasteiger partial charge in [0.1, 0.15) is 5.82 Å². The van der Waals surface area contributed by atoms with Crippen molar-refractivity contribution in [3.63, 3.8) is 0 Å². The Balaban J connectivity index is 1.80. The van der Waals surface area contributed by atoms with E-state index in [2.05, 4.69) is 38.5 Å². The highest BCUT2D eigenvalue weighted by atomic mass is 16.1. The number of carbonyl (C=O) groups is 1. The Labute approximate surface area is 164 Å². The Morgan fingerprint density at radius 2 is 2.25 bits per heavy atom. The molecule has 8 nitrogen and oxygen atoms in total. The van der Waals surface area contributed by atoms with Gasteiger partial charge < -0.3 is 21.3 Å². The molecule has 0 saturated carbocycles. The van der Waals surface area contributed by atoms with E-state index >= 15 is 0 Å². The van der Waals surface area contributed by atoms with Crippen LogP contribution in [0.15, 0.2) is 30.3 Å². The van der Waals surface area contributed by atoms with Gasteiger partial charge in [-0.15, -0.1) is 0 Å². The van der Waals surface area contributed by atoms with E-state index in [-0.39, 0.29) is 18.5 Å². The second kappa shape index (κ2) is 9.15. The lowest BCUT2D eigenvalue weighted by molar-refractivity contribution is -0.120. The summed E-state index contributed by atoms with van der Waals surface area (Å²) in [5.74, 6) is 1.20. The Bertz CT molecular complexity index is 877. The van der Waals surface area contributed by atoms with E-state index in [0.717, 1.165) is 43.0 Å². The molecule has 0 bridgehead atoms. The summed E-state index contributed by atoms with van der Waals surface area (Å²) in [5, 5.41) is 15.2. The lowest BCUT2D eigenvalue weighted by atomic mass is 10.2. The van der Waals surface area contributed by atoms with Gasteiger partial charge >= 0.3 is 0 Å². The number of aryl methyl sites for hydroxylation is 1. The summed E-state index contributed by atoms with van der Waals surface area (Å²) in [6, 6.07) is 11.4. The lowest BCUT2D eigenvalue weighted by Gasteiger charge is -2.19. The molecule has 3 rings (SSSR count). The van der Waals surface area contributed by atoms with Crippen LogP contribution in [-0.4, -0.2) is 41.6 Å². The number of nitrogens with two attached hydrogens (primary N) is 1. The molecule has 0 unspecified atom stereocenters. The molecule has 1 atom stereocenters. The molecular formula is C20H25N7O. The van der Waals surface area contributed by atoms with Gasteiger partial charge in [-0.25, -0.2) is 4.98 Å². The van der Waals surface area contributed by atoms with Crippen LogP contribution in [-0.2, 0) is 11.2 Å². The van der Waals surface area contributed by atoms with Crippen LogP contribution in [0.2, 0.25) is 0 Å². The molecule has 1 saturated heterocycles. The highest BCUT2D eigenvalue weighted by molar-refractivity contribution is 5.78. The average molecular weight is 379 g/mol. The van der Waals surface area contributed by atoms with E-state index in [9.17, 15) is 4.79 Å². The molecule has 0 radical (unpaired) electrons. The number of benzene rings is 1. The minimum atomic E-state index is -0.138. The smallest absolute Gasteiger partial charge is 0.234 e. The first-order valence-electron chi connectivity index (χ1n) is 9.50. The van der Waals surface area contributed by atoms with Crippen molar-refractivity contribution >= 4 is 23.4 Å². The summed E-state index contributed by atoms with van der Waals surface area (Å²) in [4.78, 5) is 23.0. The van der Waals surface area contributed by atoms with E-state index in [1.807, 2.05) is 18.2 Å². The molecule has 2 aromatic rings. The van der Waals surface area contributed by atoms with E-state index < -0.39 is 0 Å². The molecule has 1 fully saturated rings. The Kier molecular flexibility index (Phi) is 6.40. The molecule has 28 heavy (non-hydrogen) atoms. The first-order valence-corrected chi connectivity index (χ1v) is 9.50. The van der Waals surface area contributed by atoms with Crippen LogP contribution in [0.4, 0.5) is 17.5 Å². The second-order valence-electron chi connectivity index (χ2n) is 6.81. The molecule has 4 N–H and O–H groups in total. The van der Waals surface area contributed by atoms with Crippen molar-refractivity contribution in [1.29, 1.82) is 5.26 Å². The molecule has 0 aliphatic carbocycles. The van der Waals surface area contributed by atoms with Crippen LogP contribution in [0.5, 0.6) is 0 Å². The third-order valence-electron chi connectivity index (χ3n) is 4.58. The molecule has 1 aliphatic rings. The number of nitrogens with one attached hydrogen (secondary N) is 2. The van der Waals surface area contributed by atoms with Crippen molar-refractivity contribution in [2.75, 3.05) is 29.9 Å². The third-order valence-corrected chi connectivity index (χ3v) is 4.58. The highest BCUT2D eigenvalue weighted by Gasteiger charge is 2.25. The number of carbonyl (C=O) groups excluding carboxylic acids is 1. The first-order chi connectivity index (χ1) is 13.6. The van der Waals surface area contributed by atoms with E-state index in [1.165, 1.54) is 0 Å². The van der Waals surface area contributed by atoms with Gasteiger partial charge in [0, 0.05) is 36.6 Å². The zero-order chi connectivity index (χ0) is 19.9. The molecular weight excluding hydrogens is 354 g/mol. The van der Waals surface area contributed by atoms with E-state index in [0.29, 0.717) is 18.1 Å². The Hall–Kier alpha value is -3.18. The predicted octanol–water partition coefficient (Wildman–Crippen LogP) is 1.70. The zero-order valence-electron chi connectivity index (χ0n) is 16.0. The number of aromatic nitrogens is 2. The maximum absolute atomic E-state index is 11.5. The van der Waals surface area contributed by atoms with Gasteiger partial charge in [-0.3, -0.25) is 4.79 Å². The van der Waals surface area contributed by atoms with Crippen LogP contribution in [0.1, 0.15) is 31.0 Å². The van der Waals surface area contributed by atoms with E-state index in [1.54, 1.807) is 12.1 Å². The van der Waals surface area contributed by atoms with Crippen LogP contribution >= 0.6 is 0 Å². The van der Waals surface area contributed by atoms with Crippen molar-refractivity contribution in [3.05, 3.63) is 41.6 Å². The topological polar surface area (TPSA) is 120 Å². The van der Waals surface area contributed by atoms with Crippen molar-refractivity contribution in [3.8, 4) is 6.07 Å². The number of amides is 1. The first kappa shape index (κ1) is 19.6. The summed E-state index contributed by atoms with van der Waals surface area (Å²) >= 11 is 0. The minimum Gasteiger partial charge on any atom is -0.354 e. The van der Waals surface area contributed by atoms with Gasteiger partial charge in [0.05, 0.1) is 18.2 Å². The summed E-state index contributed by atoms with van der Waals surface area (Å²) in [7, 11) is 0. The minimum absolute atomic E-state index is 0.000480. The Morgan fingerprint density at radius 3 is 3.00 bits per heavy atom. The fourth-order valence-corrected chi connectivity index (χ4v) is 3.25. The monoisotopic (exact) mass is 379 g/mol. The number of hydrogen-bond acceptors (Lipinski definition) is 7. The van der Waals surface area contributed by atoms with Gasteiger partial charge in [-0.1, -0.05) is 19.4 Å². The lowest BCUT2D eigenvalue weighted by Crippen LogP contribution is -2.40. The number of nitrogens with zero attached hydrogens (tertiary/aromatic N) is 4. The quantitative estimate of drug-likeness (QED) is 0.669. The SMILES string of the molecule is CCCc1cc(N2CC[C@H](NC(=O)CN)C2)nc(Nc2cccc(C#N)c2)n1. The van der Waals surface area contributed by atoms with Crippen LogP contribution in [0.3, 0.4) is 0 Å². The van der Waals surface area contributed by atoms with E-state index in [4.69, 9.17) is 11.0 Å². The summed E-state index contributed by atoms with van der Waals surface area (Å²) in [6.45, 7) is 3.61. The predicted molar refractivity (Wildman–Crippen MR) is 108 cm³/mol. The fraction of sp³-hybridized carbons (Fsp3) is 0.400. The maximum atomic E-state index is 11.5. The van der Waals surface area contributed by atoms with Crippen LogP contribution in [0.25, 0.3) is 0 Å². The molecule has 0 spiro atoms. The fourth-order valence-electron chi connectivity index (χ4n) is 3.25. The third kappa shape index (κ3) is 4.96. The standard InChI is InChI=1S/C20H25N7O/c1-2-4-15-10-18(27-8-7-17(13-27)23-19(28)12-22)26-20(24-15)25-16-6-3-5-14(9-16)11-21/h3,5-6,9-10,17H,2,4,7-8,12-13,22H2,1H3,(H,23,28)(H,24,25,26)/t17-/m0/s1. The maximum Gasteiger partial charge on any atom is 0.234 e. The van der Waals surface area contributed by atoms with Crippen molar-refractivity contribution in [2.45, 2.75) is 32.2 Å². The number of hydrogen-bond donors (Lipinski definition) is 3. The van der Waals surface area contributed by atoms with Crippen LogP contribution < -0.4 is 21.3 Å². The largest absolute Gasteiger partial charge is 0.354 e. The van der Waals surface area contributed by atoms with Gasteiger partial charge in [-0.05, 0) is 31.0 Å². The summed E-state index contributed by atoms with van der Waals surface area (Å²) < 4.78 is 0. The molecule has 8 heteroatoms. The molecule has 1 aromatic carbocycles. The van der Waals surface area contributed by atoms with Crippen LogP contribution in [0, 0.1) is 11.3 Å².